The Morgan fingerprint density at radius 1 is 1.12 bits per heavy atom. The third kappa shape index (κ3) is 2.96. The van der Waals surface area contributed by atoms with Gasteiger partial charge in [0.2, 0.25) is 0 Å². The van der Waals surface area contributed by atoms with Gasteiger partial charge in [-0.15, -0.1) is 0 Å². The lowest BCUT2D eigenvalue weighted by Crippen LogP contribution is -2.07. The first kappa shape index (κ1) is 12.3. The van der Waals surface area contributed by atoms with Gasteiger partial charge in [-0.1, -0.05) is 56.9 Å². The van der Waals surface area contributed by atoms with Crippen molar-refractivity contribution in [2.45, 2.75) is 57.8 Å². The molecule has 17 heavy (non-hydrogen) atoms. The van der Waals surface area contributed by atoms with Gasteiger partial charge in [0, 0.05) is 12.0 Å². The molecule has 1 saturated carbocycles. The second-order valence-corrected chi connectivity index (χ2v) is 5.05. The van der Waals surface area contributed by atoms with Crippen molar-refractivity contribution in [3.63, 3.8) is 0 Å². The third-order valence-corrected chi connectivity index (χ3v) is 3.88. The summed E-state index contributed by atoms with van der Waals surface area (Å²) in [6.07, 6.45) is 8.49. The molecule has 0 unspecified atom stereocenters. The van der Waals surface area contributed by atoms with Crippen LogP contribution in [0.4, 0.5) is 0 Å². The first-order chi connectivity index (χ1) is 8.33. The quantitative estimate of drug-likeness (QED) is 0.542. The Balaban J connectivity index is 2.26. The Labute approximate surface area is 104 Å². The smallest absolute Gasteiger partial charge is 0.162 e. The molecular formula is C16H22O. The monoisotopic (exact) mass is 230 g/mol. The fraction of sp³-hybridized carbons (Fsp3) is 0.562. The van der Waals surface area contributed by atoms with Crippen LogP contribution in [0.1, 0.15) is 73.7 Å². The van der Waals surface area contributed by atoms with Crippen molar-refractivity contribution in [3.05, 3.63) is 35.4 Å². The van der Waals surface area contributed by atoms with Gasteiger partial charge in [-0.25, -0.2) is 0 Å². The zero-order chi connectivity index (χ0) is 12.1. The maximum absolute atomic E-state index is 12.0. The summed E-state index contributed by atoms with van der Waals surface area (Å²) in [5, 5.41) is 0. The summed E-state index contributed by atoms with van der Waals surface area (Å²) in [5.74, 6) is 0.911. The van der Waals surface area contributed by atoms with E-state index in [2.05, 4.69) is 12.1 Å². The van der Waals surface area contributed by atoms with E-state index >= 15 is 0 Å². The fourth-order valence-corrected chi connectivity index (χ4v) is 2.89. The largest absolute Gasteiger partial charge is 0.294 e. The van der Waals surface area contributed by atoms with Crippen molar-refractivity contribution in [3.8, 4) is 0 Å². The van der Waals surface area contributed by atoms with E-state index in [-0.39, 0.29) is 0 Å². The van der Waals surface area contributed by atoms with E-state index in [1.165, 1.54) is 44.1 Å². The van der Waals surface area contributed by atoms with Gasteiger partial charge in [0.15, 0.2) is 5.78 Å². The molecule has 2 rings (SSSR count). The van der Waals surface area contributed by atoms with Crippen molar-refractivity contribution >= 4 is 5.78 Å². The van der Waals surface area contributed by atoms with Gasteiger partial charge in [0.05, 0.1) is 0 Å². The van der Waals surface area contributed by atoms with Crippen molar-refractivity contribution < 1.29 is 4.79 Å². The first-order valence-electron chi connectivity index (χ1n) is 6.95. The number of rotatable bonds is 3. The highest BCUT2D eigenvalue weighted by atomic mass is 16.1. The SMILES string of the molecule is CCC(=O)c1ccccc1C1CCCCCC1. The molecule has 0 heterocycles. The highest BCUT2D eigenvalue weighted by Gasteiger charge is 2.19. The predicted molar refractivity (Wildman–Crippen MR) is 71.5 cm³/mol. The van der Waals surface area contributed by atoms with Crippen LogP contribution in [0.3, 0.4) is 0 Å². The molecule has 0 aromatic heterocycles. The molecule has 0 atom stereocenters. The van der Waals surface area contributed by atoms with Crippen LogP contribution in [0.2, 0.25) is 0 Å². The van der Waals surface area contributed by atoms with Crippen LogP contribution in [-0.4, -0.2) is 5.78 Å². The van der Waals surface area contributed by atoms with Crippen LogP contribution >= 0.6 is 0 Å². The summed E-state index contributed by atoms with van der Waals surface area (Å²) in [7, 11) is 0. The Kier molecular flexibility index (Phi) is 4.36. The van der Waals surface area contributed by atoms with Crippen molar-refractivity contribution in [2.24, 2.45) is 0 Å². The van der Waals surface area contributed by atoms with E-state index in [1.54, 1.807) is 0 Å². The van der Waals surface area contributed by atoms with Crippen LogP contribution < -0.4 is 0 Å². The molecule has 1 fully saturated rings. The van der Waals surface area contributed by atoms with E-state index < -0.39 is 0 Å². The number of carbonyl (C=O) groups is 1. The van der Waals surface area contributed by atoms with E-state index in [4.69, 9.17) is 0 Å². The lowest BCUT2D eigenvalue weighted by molar-refractivity contribution is 0.0986. The normalized spacial score (nSPS) is 17.7. The van der Waals surface area contributed by atoms with Crippen molar-refractivity contribution in [1.82, 2.24) is 0 Å². The average molecular weight is 230 g/mol. The summed E-state index contributed by atoms with van der Waals surface area (Å²) < 4.78 is 0. The number of hydrogen-bond acceptors (Lipinski definition) is 1. The van der Waals surface area contributed by atoms with Gasteiger partial charge in [-0.3, -0.25) is 4.79 Å². The van der Waals surface area contributed by atoms with Crippen LogP contribution in [0.25, 0.3) is 0 Å². The molecule has 1 aliphatic carbocycles. The Hall–Kier alpha value is -1.11. The van der Waals surface area contributed by atoms with Crippen molar-refractivity contribution in [1.29, 1.82) is 0 Å². The molecule has 0 radical (unpaired) electrons. The highest BCUT2D eigenvalue weighted by molar-refractivity contribution is 5.97. The van der Waals surface area contributed by atoms with Crippen LogP contribution in [0.15, 0.2) is 24.3 Å². The number of Topliss-reactive ketones (excluding diaryl/α,β-unsaturated/α-hetero) is 1. The van der Waals surface area contributed by atoms with E-state index in [0.717, 1.165) is 5.56 Å². The van der Waals surface area contributed by atoms with Crippen LogP contribution in [0, 0.1) is 0 Å². The van der Waals surface area contributed by atoms with Crippen LogP contribution in [-0.2, 0) is 0 Å². The Morgan fingerprint density at radius 2 is 1.76 bits per heavy atom. The van der Waals surface area contributed by atoms with Gasteiger partial charge < -0.3 is 0 Å². The predicted octanol–water partition coefficient (Wildman–Crippen LogP) is 4.72. The fourth-order valence-electron chi connectivity index (χ4n) is 2.89. The first-order valence-corrected chi connectivity index (χ1v) is 6.95. The maximum atomic E-state index is 12.0. The molecular weight excluding hydrogens is 208 g/mol. The Morgan fingerprint density at radius 3 is 2.41 bits per heavy atom. The third-order valence-electron chi connectivity index (χ3n) is 3.88. The van der Waals surface area contributed by atoms with Gasteiger partial charge in [-0.2, -0.15) is 0 Å². The Bertz CT molecular complexity index is 373. The zero-order valence-electron chi connectivity index (χ0n) is 10.7. The summed E-state index contributed by atoms with van der Waals surface area (Å²) in [6, 6.07) is 8.24. The highest BCUT2D eigenvalue weighted by Crippen LogP contribution is 2.33. The molecule has 0 aliphatic heterocycles. The van der Waals surface area contributed by atoms with Gasteiger partial charge >= 0.3 is 0 Å². The maximum Gasteiger partial charge on any atom is 0.162 e. The minimum absolute atomic E-state index is 0.296. The standard InChI is InChI=1S/C16H22O/c1-2-16(17)15-12-8-7-11-14(15)13-9-5-3-4-6-10-13/h7-8,11-13H,2-6,9-10H2,1H3. The number of carbonyl (C=O) groups excluding carboxylic acids is 1. The van der Waals surface area contributed by atoms with E-state index in [0.29, 0.717) is 18.1 Å². The summed E-state index contributed by atoms with van der Waals surface area (Å²) >= 11 is 0. The van der Waals surface area contributed by atoms with E-state index in [1.807, 2.05) is 19.1 Å². The molecule has 0 N–H and O–H groups in total. The summed E-state index contributed by atoms with van der Waals surface area (Å²) in [6.45, 7) is 1.95. The number of ketones is 1. The molecule has 1 aromatic carbocycles. The second kappa shape index (κ2) is 6.00. The zero-order valence-corrected chi connectivity index (χ0v) is 10.7. The summed E-state index contributed by atoms with van der Waals surface area (Å²) in [5.41, 5.74) is 2.28. The molecule has 1 aliphatic rings. The molecule has 1 nitrogen and oxygen atoms in total. The molecule has 0 spiro atoms. The van der Waals surface area contributed by atoms with Gasteiger partial charge in [0.25, 0.3) is 0 Å². The average Bonchev–Trinajstić information content (AvgIpc) is 2.66. The lowest BCUT2D eigenvalue weighted by Gasteiger charge is -2.17. The van der Waals surface area contributed by atoms with Crippen molar-refractivity contribution in [2.75, 3.05) is 0 Å². The van der Waals surface area contributed by atoms with Gasteiger partial charge in [-0.05, 0) is 24.3 Å². The molecule has 0 amide bonds. The molecule has 1 heteroatoms. The lowest BCUT2D eigenvalue weighted by atomic mass is 9.87. The minimum atomic E-state index is 0.296. The number of hydrogen-bond donors (Lipinski definition) is 0. The van der Waals surface area contributed by atoms with E-state index in [9.17, 15) is 4.79 Å². The van der Waals surface area contributed by atoms with Gasteiger partial charge in [0.1, 0.15) is 0 Å². The molecule has 1 aromatic rings. The molecule has 0 saturated heterocycles. The topological polar surface area (TPSA) is 17.1 Å². The summed E-state index contributed by atoms with van der Waals surface area (Å²) in [4.78, 5) is 12.0. The number of benzene rings is 1. The molecule has 0 bridgehead atoms. The second-order valence-electron chi connectivity index (χ2n) is 5.05. The van der Waals surface area contributed by atoms with Crippen LogP contribution in [0.5, 0.6) is 0 Å². The minimum Gasteiger partial charge on any atom is -0.294 e. The molecule has 92 valence electrons.